The third-order valence-corrected chi connectivity index (χ3v) is 4.64. The molecule has 1 nitrogen and oxygen atoms in total. The van der Waals surface area contributed by atoms with Crippen LogP contribution in [-0.2, 0) is 17.6 Å². The highest BCUT2D eigenvalue weighted by molar-refractivity contribution is 9.10. The first-order valence-electron chi connectivity index (χ1n) is 6.13. The zero-order valence-electron chi connectivity index (χ0n) is 10.4. The molecule has 0 atom stereocenters. The molecule has 2 rings (SSSR count). The minimum Gasteiger partial charge on any atom is -0.299 e. The van der Waals surface area contributed by atoms with Gasteiger partial charge < -0.3 is 0 Å². The van der Waals surface area contributed by atoms with E-state index in [4.69, 9.17) is 11.6 Å². The molecule has 1 aromatic carbocycles. The molecule has 0 spiro atoms. The Kier molecular flexibility index (Phi) is 5.61. The average Bonchev–Trinajstić information content (AvgIpc) is 2.86. The molecule has 0 unspecified atom stereocenters. The van der Waals surface area contributed by atoms with Crippen molar-refractivity contribution in [1.82, 2.24) is 0 Å². The van der Waals surface area contributed by atoms with E-state index in [0.29, 0.717) is 17.9 Å². The van der Waals surface area contributed by atoms with Crippen molar-refractivity contribution in [2.75, 3.05) is 0 Å². The minimum atomic E-state index is 0.251. The quantitative estimate of drug-likeness (QED) is 0.685. The summed E-state index contributed by atoms with van der Waals surface area (Å²) in [6.07, 6.45) is 2.94. The van der Waals surface area contributed by atoms with E-state index in [1.807, 2.05) is 24.3 Å². The van der Waals surface area contributed by atoms with Gasteiger partial charge in [0.15, 0.2) is 0 Å². The van der Waals surface area contributed by atoms with Crippen LogP contribution in [0, 0.1) is 0 Å². The van der Waals surface area contributed by atoms with Crippen LogP contribution in [0.15, 0.2) is 40.2 Å². The summed E-state index contributed by atoms with van der Waals surface area (Å²) in [6, 6.07) is 9.81. The summed E-state index contributed by atoms with van der Waals surface area (Å²) in [4.78, 5) is 13.3. The third kappa shape index (κ3) is 4.75. The van der Waals surface area contributed by atoms with Crippen LogP contribution in [0.4, 0.5) is 0 Å². The monoisotopic (exact) mass is 356 g/mol. The summed E-state index contributed by atoms with van der Waals surface area (Å²) in [7, 11) is 0. The molecule has 0 N–H and O–H groups in total. The molecular weight excluding hydrogens is 344 g/mol. The fraction of sp³-hybridized carbons (Fsp3) is 0.267. The highest BCUT2D eigenvalue weighted by Gasteiger charge is 2.08. The van der Waals surface area contributed by atoms with Crippen LogP contribution in [0.2, 0.25) is 5.02 Å². The fourth-order valence-corrected chi connectivity index (χ4v) is 3.37. The second-order valence-corrected chi connectivity index (χ2v) is 6.74. The maximum Gasteiger partial charge on any atom is 0.137 e. The highest BCUT2D eigenvalue weighted by Crippen LogP contribution is 2.22. The van der Waals surface area contributed by atoms with Crippen molar-refractivity contribution in [3.05, 3.63) is 55.6 Å². The summed E-state index contributed by atoms with van der Waals surface area (Å²) in [5.74, 6) is 0.251. The van der Waals surface area contributed by atoms with Gasteiger partial charge in [-0.1, -0.05) is 39.7 Å². The number of hydrogen-bond acceptors (Lipinski definition) is 2. The van der Waals surface area contributed by atoms with Gasteiger partial charge in [-0.2, -0.15) is 0 Å². The maximum absolute atomic E-state index is 11.9. The van der Waals surface area contributed by atoms with Crippen molar-refractivity contribution < 1.29 is 4.79 Å². The van der Waals surface area contributed by atoms with Crippen LogP contribution in [0.3, 0.4) is 0 Å². The summed E-state index contributed by atoms with van der Waals surface area (Å²) in [5.41, 5.74) is 0.908. The van der Waals surface area contributed by atoms with Gasteiger partial charge in [-0.3, -0.25) is 4.79 Å². The number of ketones is 1. The van der Waals surface area contributed by atoms with E-state index in [0.717, 1.165) is 22.9 Å². The molecule has 0 aliphatic heterocycles. The Bertz CT molecular complexity index is 551. The van der Waals surface area contributed by atoms with Gasteiger partial charge in [0.25, 0.3) is 0 Å². The van der Waals surface area contributed by atoms with E-state index in [2.05, 4.69) is 27.4 Å². The number of halogens is 2. The smallest absolute Gasteiger partial charge is 0.137 e. The number of benzene rings is 1. The molecular formula is C15H14BrClOS. The third-order valence-electron chi connectivity index (χ3n) is 2.86. The Labute approximate surface area is 130 Å². The van der Waals surface area contributed by atoms with E-state index in [1.54, 1.807) is 11.3 Å². The molecule has 0 amide bonds. The summed E-state index contributed by atoms with van der Waals surface area (Å²) >= 11 is 11.2. The SMILES string of the molecule is O=C(CCCc1cccs1)Cc1ccc(Br)cc1Cl. The van der Waals surface area contributed by atoms with Gasteiger partial charge in [0.05, 0.1) is 0 Å². The normalized spacial score (nSPS) is 10.6. The van der Waals surface area contributed by atoms with Crippen LogP contribution in [-0.4, -0.2) is 5.78 Å². The number of hydrogen-bond donors (Lipinski definition) is 0. The molecule has 0 aliphatic carbocycles. The van der Waals surface area contributed by atoms with Gasteiger partial charge in [-0.05, 0) is 42.0 Å². The van der Waals surface area contributed by atoms with E-state index in [9.17, 15) is 4.79 Å². The van der Waals surface area contributed by atoms with E-state index in [1.165, 1.54) is 4.88 Å². The van der Waals surface area contributed by atoms with E-state index in [-0.39, 0.29) is 5.78 Å². The van der Waals surface area contributed by atoms with Gasteiger partial charge in [-0.15, -0.1) is 11.3 Å². The molecule has 0 radical (unpaired) electrons. The lowest BCUT2D eigenvalue weighted by molar-refractivity contribution is -0.118. The predicted molar refractivity (Wildman–Crippen MR) is 85.1 cm³/mol. The van der Waals surface area contributed by atoms with Gasteiger partial charge in [0.2, 0.25) is 0 Å². The molecule has 4 heteroatoms. The minimum absolute atomic E-state index is 0.251. The van der Waals surface area contributed by atoms with Crippen molar-refractivity contribution in [1.29, 1.82) is 0 Å². The predicted octanol–water partition coefficient (Wildman–Crippen LogP) is 5.30. The van der Waals surface area contributed by atoms with Crippen molar-refractivity contribution in [3.63, 3.8) is 0 Å². The Balaban J connectivity index is 1.80. The highest BCUT2D eigenvalue weighted by atomic mass is 79.9. The topological polar surface area (TPSA) is 17.1 Å². The second-order valence-electron chi connectivity index (χ2n) is 4.38. The molecule has 1 aromatic heterocycles. The van der Waals surface area contributed by atoms with Crippen LogP contribution in [0.5, 0.6) is 0 Å². The first-order chi connectivity index (χ1) is 9.15. The Morgan fingerprint density at radius 1 is 1.32 bits per heavy atom. The molecule has 100 valence electrons. The summed E-state index contributed by atoms with van der Waals surface area (Å²) < 4.78 is 0.936. The molecule has 0 bridgehead atoms. The van der Waals surface area contributed by atoms with E-state index >= 15 is 0 Å². The molecule has 2 aromatic rings. The van der Waals surface area contributed by atoms with E-state index < -0.39 is 0 Å². The van der Waals surface area contributed by atoms with Crippen molar-refractivity contribution in [3.8, 4) is 0 Å². The Morgan fingerprint density at radius 3 is 2.84 bits per heavy atom. The summed E-state index contributed by atoms with van der Waals surface area (Å²) in [6.45, 7) is 0. The van der Waals surface area contributed by atoms with Gasteiger partial charge >= 0.3 is 0 Å². The van der Waals surface area contributed by atoms with Gasteiger partial charge in [0.1, 0.15) is 5.78 Å². The lowest BCUT2D eigenvalue weighted by atomic mass is 10.0. The first kappa shape index (κ1) is 14.8. The van der Waals surface area contributed by atoms with Crippen LogP contribution >= 0.6 is 38.9 Å². The fourth-order valence-electron chi connectivity index (χ4n) is 1.88. The zero-order chi connectivity index (χ0) is 13.7. The van der Waals surface area contributed by atoms with Gasteiger partial charge in [-0.25, -0.2) is 0 Å². The molecule has 1 heterocycles. The number of carbonyl (C=O) groups is 1. The first-order valence-corrected chi connectivity index (χ1v) is 8.18. The lowest BCUT2D eigenvalue weighted by Crippen LogP contribution is -2.03. The van der Waals surface area contributed by atoms with Crippen LogP contribution < -0.4 is 0 Å². The number of rotatable bonds is 6. The average molecular weight is 358 g/mol. The molecule has 0 saturated heterocycles. The van der Waals surface area contributed by atoms with Crippen LogP contribution in [0.1, 0.15) is 23.3 Å². The standard InChI is InChI=1S/C15H14BrClOS/c16-12-7-6-11(15(17)10-12)9-13(18)3-1-4-14-5-2-8-19-14/h2,5-8,10H,1,3-4,9H2. The van der Waals surface area contributed by atoms with Crippen molar-refractivity contribution in [2.45, 2.75) is 25.7 Å². The Hall–Kier alpha value is -0.640. The number of Topliss-reactive ketones (excluding diaryl/α,β-unsaturated/α-hetero) is 1. The number of carbonyl (C=O) groups excluding carboxylic acids is 1. The molecule has 19 heavy (non-hydrogen) atoms. The lowest BCUT2D eigenvalue weighted by Gasteiger charge is -2.04. The molecule has 0 saturated carbocycles. The second kappa shape index (κ2) is 7.22. The molecule has 0 fully saturated rings. The van der Waals surface area contributed by atoms with Crippen molar-refractivity contribution in [2.24, 2.45) is 0 Å². The summed E-state index contributed by atoms with van der Waals surface area (Å²) in [5, 5.41) is 2.72. The molecule has 0 aliphatic rings. The maximum atomic E-state index is 11.9. The van der Waals surface area contributed by atoms with Crippen molar-refractivity contribution >= 4 is 44.7 Å². The zero-order valence-corrected chi connectivity index (χ0v) is 13.5. The van der Waals surface area contributed by atoms with Gasteiger partial charge in [0, 0.05) is 27.2 Å². The Morgan fingerprint density at radius 2 is 2.16 bits per heavy atom. The largest absolute Gasteiger partial charge is 0.299 e. The number of thiophene rings is 1. The number of aryl methyl sites for hydroxylation is 1. The van der Waals surface area contributed by atoms with Crippen LogP contribution in [0.25, 0.3) is 0 Å².